The summed E-state index contributed by atoms with van der Waals surface area (Å²) in [4.78, 5) is 17.2. The van der Waals surface area contributed by atoms with Crippen molar-refractivity contribution in [1.82, 2.24) is 20.5 Å². The molecule has 0 saturated carbocycles. The van der Waals surface area contributed by atoms with E-state index in [0.717, 1.165) is 45.1 Å². The Kier molecular flexibility index (Phi) is 5.08. The maximum Gasteiger partial charge on any atom is 0.276 e. The molecule has 0 spiro atoms. The van der Waals surface area contributed by atoms with Crippen molar-refractivity contribution in [3.8, 4) is 0 Å². The number of aromatic amines is 1. The molecule has 0 bridgehead atoms. The number of nitrogens with zero attached hydrogens (tertiary/aromatic N) is 2. The Morgan fingerprint density at radius 3 is 3.00 bits per heavy atom. The van der Waals surface area contributed by atoms with Gasteiger partial charge in [-0.25, -0.2) is 4.98 Å². The van der Waals surface area contributed by atoms with Crippen LogP contribution in [0, 0.1) is 0 Å². The fourth-order valence-electron chi connectivity index (χ4n) is 2.87. The van der Waals surface area contributed by atoms with Gasteiger partial charge in [0.15, 0.2) is 5.69 Å². The molecule has 3 N–H and O–H groups in total. The van der Waals surface area contributed by atoms with E-state index in [9.17, 15) is 4.79 Å². The minimum absolute atomic E-state index is 0. The number of thiazole rings is 1. The summed E-state index contributed by atoms with van der Waals surface area (Å²) in [6, 6.07) is 5.82. The summed E-state index contributed by atoms with van der Waals surface area (Å²) in [6.45, 7) is 5.86. The number of amides is 1. The monoisotopic (exact) mass is 377 g/mol. The number of nitrogens with one attached hydrogen (secondary N) is 3. The van der Waals surface area contributed by atoms with Crippen LogP contribution in [0.1, 0.15) is 46.5 Å². The Morgan fingerprint density at radius 2 is 2.20 bits per heavy atom. The molecule has 3 heterocycles. The molecule has 3 aromatic rings. The van der Waals surface area contributed by atoms with Crippen LogP contribution in [0.5, 0.6) is 0 Å². The van der Waals surface area contributed by atoms with Crippen LogP contribution in [0.15, 0.2) is 18.2 Å². The first-order valence-electron chi connectivity index (χ1n) is 8.10. The second-order valence-electron chi connectivity index (χ2n) is 6.30. The summed E-state index contributed by atoms with van der Waals surface area (Å²) >= 11 is 1.67. The van der Waals surface area contributed by atoms with Crippen LogP contribution in [-0.2, 0) is 13.0 Å². The zero-order valence-corrected chi connectivity index (χ0v) is 15.7. The lowest BCUT2D eigenvalue weighted by Gasteiger charge is -2.12. The molecule has 0 atom stereocenters. The fourth-order valence-corrected chi connectivity index (χ4v) is 3.88. The van der Waals surface area contributed by atoms with Crippen LogP contribution in [0.3, 0.4) is 0 Å². The van der Waals surface area contributed by atoms with Gasteiger partial charge in [-0.2, -0.15) is 5.10 Å². The molecule has 1 aromatic carbocycles. The van der Waals surface area contributed by atoms with Crippen molar-refractivity contribution in [2.45, 2.75) is 32.7 Å². The lowest BCUT2D eigenvalue weighted by atomic mass is 10.1. The van der Waals surface area contributed by atoms with Gasteiger partial charge in [-0.05, 0) is 18.2 Å². The first-order chi connectivity index (χ1) is 11.6. The Labute approximate surface area is 155 Å². The third kappa shape index (κ3) is 3.40. The molecule has 25 heavy (non-hydrogen) atoms. The Morgan fingerprint density at radius 1 is 1.36 bits per heavy atom. The quantitative estimate of drug-likeness (QED) is 0.652. The Balaban J connectivity index is 0.00000182. The van der Waals surface area contributed by atoms with Crippen molar-refractivity contribution in [1.29, 1.82) is 0 Å². The van der Waals surface area contributed by atoms with Crippen molar-refractivity contribution in [3.63, 3.8) is 0 Å². The van der Waals surface area contributed by atoms with Gasteiger partial charge in [0.1, 0.15) is 0 Å². The lowest BCUT2D eigenvalue weighted by Crippen LogP contribution is -2.25. The smallest absolute Gasteiger partial charge is 0.276 e. The number of carbonyl (C=O) groups is 1. The third-order valence-corrected chi connectivity index (χ3v) is 5.50. The summed E-state index contributed by atoms with van der Waals surface area (Å²) in [6.07, 6.45) is 0.875. The maximum absolute atomic E-state index is 12.6. The van der Waals surface area contributed by atoms with Crippen LogP contribution >= 0.6 is 23.7 Å². The SMILES string of the molecule is CC(C)c1nc2ccc(NC(=O)c3n[nH]c4c3CNCC4)cc2s1.Cl. The molecule has 4 rings (SSSR count). The van der Waals surface area contributed by atoms with Crippen molar-refractivity contribution in [3.05, 3.63) is 40.2 Å². The standard InChI is InChI=1S/C17H19N5OS.ClH/c1-9(2)17-20-13-4-3-10(7-14(13)24-17)19-16(23)15-11-8-18-6-5-12(11)21-22-15;/h3-4,7,9,18H,5-6,8H2,1-2H3,(H,19,23)(H,21,22);1H. The van der Waals surface area contributed by atoms with Gasteiger partial charge in [-0.3, -0.25) is 9.89 Å². The van der Waals surface area contributed by atoms with Gasteiger partial charge in [-0.15, -0.1) is 23.7 Å². The molecule has 0 fully saturated rings. The van der Waals surface area contributed by atoms with Crippen LogP contribution in [0.25, 0.3) is 10.2 Å². The number of anilines is 1. The van der Waals surface area contributed by atoms with E-state index < -0.39 is 0 Å². The van der Waals surface area contributed by atoms with E-state index in [-0.39, 0.29) is 18.3 Å². The number of aromatic nitrogens is 3. The van der Waals surface area contributed by atoms with E-state index in [2.05, 4.69) is 39.7 Å². The molecule has 1 aliphatic heterocycles. The van der Waals surface area contributed by atoms with Gasteiger partial charge < -0.3 is 10.6 Å². The molecule has 2 aromatic heterocycles. The molecule has 1 aliphatic rings. The highest BCUT2D eigenvalue weighted by atomic mass is 35.5. The second kappa shape index (κ2) is 7.11. The van der Waals surface area contributed by atoms with Crippen LogP contribution < -0.4 is 10.6 Å². The third-order valence-electron chi connectivity index (χ3n) is 4.18. The number of carbonyl (C=O) groups excluding carboxylic acids is 1. The zero-order valence-electron chi connectivity index (χ0n) is 14.0. The van der Waals surface area contributed by atoms with Crippen molar-refractivity contribution >= 4 is 45.6 Å². The minimum Gasteiger partial charge on any atom is -0.321 e. The van der Waals surface area contributed by atoms with E-state index in [4.69, 9.17) is 0 Å². The summed E-state index contributed by atoms with van der Waals surface area (Å²) in [5, 5.41) is 14.5. The molecule has 8 heteroatoms. The summed E-state index contributed by atoms with van der Waals surface area (Å²) in [5.41, 5.74) is 4.25. The number of fused-ring (bicyclic) bond motifs is 2. The van der Waals surface area contributed by atoms with Gasteiger partial charge in [0.05, 0.1) is 15.2 Å². The zero-order chi connectivity index (χ0) is 16.7. The fraction of sp³-hybridized carbons (Fsp3) is 0.353. The topological polar surface area (TPSA) is 82.7 Å². The van der Waals surface area contributed by atoms with Gasteiger partial charge in [0.25, 0.3) is 5.91 Å². The first-order valence-corrected chi connectivity index (χ1v) is 8.92. The summed E-state index contributed by atoms with van der Waals surface area (Å²) in [5.74, 6) is 0.229. The average molecular weight is 378 g/mol. The molecule has 0 aliphatic carbocycles. The number of rotatable bonds is 3. The van der Waals surface area contributed by atoms with Gasteiger partial charge >= 0.3 is 0 Å². The molecule has 6 nitrogen and oxygen atoms in total. The molecular formula is C17H20ClN5OS. The van der Waals surface area contributed by atoms with Crippen LogP contribution in [0.2, 0.25) is 0 Å². The second-order valence-corrected chi connectivity index (χ2v) is 7.36. The van der Waals surface area contributed by atoms with Gasteiger partial charge in [0, 0.05) is 42.4 Å². The number of halogens is 1. The van der Waals surface area contributed by atoms with Crippen molar-refractivity contribution in [2.75, 3.05) is 11.9 Å². The Bertz CT molecular complexity index is 917. The number of H-pyrrole nitrogens is 1. The Hall–Kier alpha value is -1.96. The highest BCUT2D eigenvalue weighted by Gasteiger charge is 2.21. The summed E-state index contributed by atoms with van der Waals surface area (Å²) in [7, 11) is 0. The van der Waals surface area contributed by atoms with E-state index >= 15 is 0 Å². The largest absolute Gasteiger partial charge is 0.321 e. The van der Waals surface area contributed by atoms with Crippen molar-refractivity contribution in [2.24, 2.45) is 0 Å². The maximum atomic E-state index is 12.6. The van der Waals surface area contributed by atoms with Gasteiger partial charge in [0.2, 0.25) is 0 Å². The normalized spacial score (nSPS) is 13.6. The molecule has 0 saturated heterocycles. The number of benzene rings is 1. The van der Waals surface area contributed by atoms with Crippen molar-refractivity contribution < 1.29 is 4.79 Å². The van der Waals surface area contributed by atoms with Crippen LogP contribution in [-0.4, -0.2) is 27.6 Å². The highest BCUT2D eigenvalue weighted by molar-refractivity contribution is 7.18. The number of hydrogen-bond acceptors (Lipinski definition) is 5. The predicted octanol–water partition coefficient (Wildman–Crippen LogP) is 3.46. The van der Waals surface area contributed by atoms with E-state index in [1.807, 2.05) is 18.2 Å². The molecule has 0 unspecified atom stereocenters. The van der Waals surface area contributed by atoms with E-state index in [1.165, 1.54) is 0 Å². The predicted molar refractivity (Wildman–Crippen MR) is 103 cm³/mol. The lowest BCUT2D eigenvalue weighted by molar-refractivity contribution is 0.102. The summed E-state index contributed by atoms with van der Waals surface area (Å²) < 4.78 is 1.09. The van der Waals surface area contributed by atoms with E-state index in [1.54, 1.807) is 11.3 Å². The van der Waals surface area contributed by atoms with Gasteiger partial charge in [-0.1, -0.05) is 13.8 Å². The van der Waals surface area contributed by atoms with Crippen LogP contribution in [0.4, 0.5) is 5.69 Å². The van der Waals surface area contributed by atoms with E-state index in [0.29, 0.717) is 18.2 Å². The number of hydrogen-bond donors (Lipinski definition) is 3. The molecule has 1 amide bonds. The molecular weight excluding hydrogens is 358 g/mol. The molecule has 132 valence electrons. The first kappa shape index (κ1) is 17.8. The molecule has 0 radical (unpaired) electrons. The minimum atomic E-state index is -0.177. The highest BCUT2D eigenvalue weighted by Crippen LogP contribution is 2.29. The average Bonchev–Trinajstić information content (AvgIpc) is 3.18.